The number of carbonyl (C=O) groups excluding carboxylic acids is 1. The number of hydrogen-bond donors (Lipinski definition) is 1. The van der Waals surface area contributed by atoms with Gasteiger partial charge >= 0.3 is 0 Å². The van der Waals surface area contributed by atoms with Crippen LogP contribution in [0.1, 0.15) is 12.8 Å². The molecule has 3 rings (SSSR count). The quantitative estimate of drug-likeness (QED) is 0.870. The molecule has 0 radical (unpaired) electrons. The van der Waals surface area contributed by atoms with E-state index in [4.69, 9.17) is 21.1 Å². The molecule has 1 amide bonds. The average molecular weight is 375 g/mol. The van der Waals surface area contributed by atoms with Crippen LogP contribution in [0.2, 0.25) is 5.02 Å². The van der Waals surface area contributed by atoms with Crippen molar-refractivity contribution in [3.05, 3.63) is 17.2 Å². The Kier molecular flexibility index (Phi) is 4.89. The Balaban J connectivity index is 1.65. The third-order valence-electron chi connectivity index (χ3n) is 4.18. The van der Waals surface area contributed by atoms with Gasteiger partial charge in [0.2, 0.25) is 15.9 Å². The summed E-state index contributed by atoms with van der Waals surface area (Å²) in [5.74, 6) is 0.701. The normalized spacial score (nSPS) is 19.1. The number of ether oxygens (including phenoxy) is 2. The molecule has 0 atom stereocenters. The lowest BCUT2D eigenvalue weighted by Crippen LogP contribution is -2.40. The minimum Gasteiger partial charge on any atom is -0.486 e. The van der Waals surface area contributed by atoms with E-state index in [9.17, 15) is 13.2 Å². The molecule has 9 heteroatoms. The Bertz CT molecular complexity index is 744. The first-order chi connectivity index (χ1) is 11.3. The van der Waals surface area contributed by atoms with Crippen molar-refractivity contribution in [3.63, 3.8) is 0 Å². The maximum absolute atomic E-state index is 12.4. The first kappa shape index (κ1) is 17.3. The van der Waals surface area contributed by atoms with Gasteiger partial charge in [0.15, 0.2) is 11.5 Å². The summed E-state index contributed by atoms with van der Waals surface area (Å²) in [5, 5.41) is 3.19. The molecule has 0 spiro atoms. The van der Waals surface area contributed by atoms with E-state index in [2.05, 4.69) is 5.32 Å². The van der Waals surface area contributed by atoms with Crippen molar-refractivity contribution in [2.75, 3.05) is 37.9 Å². The summed E-state index contributed by atoms with van der Waals surface area (Å²) in [4.78, 5) is 12.4. The van der Waals surface area contributed by atoms with Crippen molar-refractivity contribution in [2.45, 2.75) is 12.8 Å². The molecule has 2 aliphatic rings. The Hall–Kier alpha value is -1.51. The van der Waals surface area contributed by atoms with Gasteiger partial charge in [-0.2, -0.15) is 0 Å². The SMILES string of the molecule is CS(=O)(=O)N1CCC(C(=O)Nc2cc3c(cc2Cl)OCCO3)CC1. The molecule has 24 heavy (non-hydrogen) atoms. The Morgan fingerprint density at radius 1 is 1.21 bits per heavy atom. The maximum Gasteiger partial charge on any atom is 0.227 e. The van der Waals surface area contributed by atoms with Crippen molar-refractivity contribution in [1.29, 1.82) is 0 Å². The van der Waals surface area contributed by atoms with Crippen molar-refractivity contribution in [1.82, 2.24) is 4.31 Å². The van der Waals surface area contributed by atoms with E-state index in [1.165, 1.54) is 10.6 Å². The molecular weight excluding hydrogens is 356 g/mol. The molecule has 0 saturated carbocycles. The number of hydrogen-bond acceptors (Lipinski definition) is 5. The minimum atomic E-state index is -3.20. The second-order valence-corrected chi connectivity index (χ2v) is 8.29. The average Bonchev–Trinajstić information content (AvgIpc) is 2.55. The summed E-state index contributed by atoms with van der Waals surface area (Å²) in [6.45, 7) is 1.62. The van der Waals surface area contributed by atoms with Crippen LogP contribution in [0.25, 0.3) is 0 Å². The number of nitrogens with zero attached hydrogens (tertiary/aromatic N) is 1. The molecule has 132 valence electrons. The fraction of sp³-hybridized carbons (Fsp3) is 0.533. The largest absolute Gasteiger partial charge is 0.486 e. The summed E-state index contributed by atoms with van der Waals surface area (Å²) in [6.07, 6.45) is 2.16. The third kappa shape index (κ3) is 3.76. The molecule has 0 bridgehead atoms. The summed E-state index contributed by atoms with van der Waals surface area (Å²) in [5.41, 5.74) is 0.469. The van der Waals surface area contributed by atoms with Gasteiger partial charge in [0.1, 0.15) is 13.2 Å². The number of carbonyl (C=O) groups is 1. The van der Waals surface area contributed by atoms with Crippen LogP contribution in [-0.4, -0.2) is 51.2 Å². The maximum atomic E-state index is 12.4. The zero-order valence-electron chi connectivity index (χ0n) is 13.2. The van der Waals surface area contributed by atoms with E-state index in [1.807, 2.05) is 0 Å². The number of amides is 1. The van der Waals surface area contributed by atoms with E-state index in [1.54, 1.807) is 12.1 Å². The van der Waals surface area contributed by atoms with Crippen LogP contribution in [0.5, 0.6) is 11.5 Å². The van der Waals surface area contributed by atoms with Crippen LogP contribution in [0.3, 0.4) is 0 Å². The van der Waals surface area contributed by atoms with Crippen LogP contribution in [0.15, 0.2) is 12.1 Å². The minimum absolute atomic E-state index is 0.165. The molecule has 2 heterocycles. The molecular formula is C15H19ClN2O5S. The summed E-state index contributed by atoms with van der Waals surface area (Å²) < 4.78 is 35.4. The lowest BCUT2D eigenvalue weighted by molar-refractivity contribution is -0.120. The highest BCUT2D eigenvalue weighted by Crippen LogP contribution is 2.38. The fourth-order valence-electron chi connectivity index (χ4n) is 2.84. The number of anilines is 1. The molecule has 1 aromatic carbocycles. The van der Waals surface area contributed by atoms with Gasteiger partial charge in [0.25, 0.3) is 0 Å². The highest BCUT2D eigenvalue weighted by Gasteiger charge is 2.29. The van der Waals surface area contributed by atoms with E-state index in [0.29, 0.717) is 61.4 Å². The van der Waals surface area contributed by atoms with Crippen LogP contribution in [-0.2, 0) is 14.8 Å². The Morgan fingerprint density at radius 2 is 1.79 bits per heavy atom. The standard InChI is InChI=1S/C15H19ClN2O5S/c1-24(20,21)18-4-2-10(3-5-18)15(19)17-12-9-14-13(8-11(12)16)22-6-7-23-14/h8-10H,2-7H2,1H3,(H,17,19). The number of sulfonamides is 1. The molecule has 0 aromatic heterocycles. The van der Waals surface area contributed by atoms with Crippen LogP contribution in [0, 0.1) is 5.92 Å². The smallest absolute Gasteiger partial charge is 0.227 e. The van der Waals surface area contributed by atoms with Crippen LogP contribution >= 0.6 is 11.6 Å². The molecule has 7 nitrogen and oxygen atoms in total. The van der Waals surface area contributed by atoms with Crippen molar-refractivity contribution >= 4 is 33.2 Å². The van der Waals surface area contributed by atoms with Gasteiger partial charge in [-0.3, -0.25) is 4.79 Å². The highest BCUT2D eigenvalue weighted by atomic mass is 35.5. The first-order valence-electron chi connectivity index (χ1n) is 7.70. The van der Waals surface area contributed by atoms with Gasteiger partial charge in [0.05, 0.1) is 17.0 Å². The second-order valence-electron chi connectivity index (χ2n) is 5.90. The fourth-order valence-corrected chi connectivity index (χ4v) is 3.92. The van der Waals surface area contributed by atoms with Crippen molar-refractivity contribution < 1.29 is 22.7 Å². The third-order valence-corrected chi connectivity index (χ3v) is 5.80. The number of rotatable bonds is 3. The lowest BCUT2D eigenvalue weighted by atomic mass is 9.97. The number of halogens is 1. The zero-order chi connectivity index (χ0) is 17.3. The molecule has 1 fully saturated rings. The Morgan fingerprint density at radius 3 is 2.38 bits per heavy atom. The van der Waals surface area contributed by atoms with E-state index >= 15 is 0 Å². The molecule has 2 aliphatic heterocycles. The predicted molar refractivity (Wildman–Crippen MR) is 90.2 cm³/mol. The zero-order valence-corrected chi connectivity index (χ0v) is 14.8. The molecule has 0 unspecified atom stereocenters. The number of nitrogens with one attached hydrogen (secondary N) is 1. The highest BCUT2D eigenvalue weighted by molar-refractivity contribution is 7.88. The van der Waals surface area contributed by atoms with E-state index in [0.717, 1.165) is 0 Å². The summed E-state index contributed by atoms with van der Waals surface area (Å²) in [7, 11) is -3.20. The molecule has 1 aromatic rings. The lowest BCUT2D eigenvalue weighted by Gasteiger charge is -2.29. The van der Waals surface area contributed by atoms with Gasteiger partial charge < -0.3 is 14.8 Å². The monoisotopic (exact) mass is 374 g/mol. The van der Waals surface area contributed by atoms with E-state index in [-0.39, 0.29) is 11.8 Å². The van der Waals surface area contributed by atoms with Crippen molar-refractivity contribution in [2.24, 2.45) is 5.92 Å². The van der Waals surface area contributed by atoms with Gasteiger partial charge in [-0.25, -0.2) is 12.7 Å². The predicted octanol–water partition coefficient (Wildman–Crippen LogP) is 1.72. The molecule has 1 saturated heterocycles. The van der Waals surface area contributed by atoms with Gasteiger partial charge in [-0.1, -0.05) is 11.6 Å². The summed E-state index contributed by atoms with van der Waals surface area (Å²) in [6, 6.07) is 3.28. The van der Waals surface area contributed by atoms with Gasteiger partial charge in [-0.15, -0.1) is 0 Å². The number of fused-ring (bicyclic) bond motifs is 1. The topological polar surface area (TPSA) is 84.9 Å². The van der Waals surface area contributed by atoms with Crippen molar-refractivity contribution in [3.8, 4) is 11.5 Å². The molecule has 1 N–H and O–H groups in total. The number of benzene rings is 1. The second kappa shape index (κ2) is 6.78. The van der Waals surface area contributed by atoms with Crippen LogP contribution in [0.4, 0.5) is 5.69 Å². The van der Waals surface area contributed by atoms with Gasteiger partial charge in [0, 0.05) is 31.1 Å². The Labute approximate surface area is 145 Å². The molecule has 0 aliphatic carbocycles. The first-order valence-corrected chi connectivity index (χ1v) is 9.92. The van der Waals surface area contributed by atoms with E-state index < -0.39 is 10.0 Å². The summed E-state index contributed by atoms with van der Waals surface area (Å²) >= 11 is 6.19. The van der Waals surface area contributed by atoms with Gasteiger partial charge in [-0.05, 0) is 12.8 Å². The van der Waals surface area contributed by atoms with Crippen LogP contribution < -0.4 is 14.8 Å². The number of piperidine rings is 1.